The largest absolute Gasteiger partial charge is 0.389 e. The maximum absolute atomic E-state index is 10.2. The van der Waals surface area contributed by atoms with Crippen molar-refractivity contribution >= 4 is 0 Å². The van der Waals surface area contributed by atoms with Crippen LogP contribution in [0.3, 0.4) is 0 Å². The van der Waals surface area contributed by atoms with Gasteiger partial charge in [0.1, 0.15) is 0 Å². The van der Waals surface area contributed by atoms with Crippen LogP contribution in [-0.4, -0.2) is 33.7 Å². The first kappa shape index (κ1) is 9.68. The van der Waals surface area contributed by atoms with E-state index in [0.29, 0.717) is 32.5 Å². The molecule has 0 radical (unpaired) electrons. The zero-order valence-corrected chi connectivity index (χ0v) is 8.44. The lowest BCUT2D eigenvalue weighted by Gasteiger charge is -2.31. The third-order valence-corrected chi connectivity index (χ3v) is 2.70. The zero-order valence-electron chi connectivity index (χ0n) is 8.44. The molecule has 2 heterocycles. The summed E-state index contributed by atoms with van der Waals surface area (Å²) in [4.78, 5) is 0. The Labute approximate surface area is 83.5 Å². The SMILES string of the molecule is Cn1ccc(CC2(O)CCOCC2)n1. The lowest BCUT2D eigenvalue weighted by Crippen LogP contribution is -2.38. The third-order valence-electron chi connectivity index (χ3n) is 2.70. The van der Waals surface area contributed by atoms with E-state index in [2.05, 4.69) is 5.10 Å². The quantitative estimate of drug-likeness (QED) is 0.749. The van der Waals surface area contributed by atoms with Crippen LogP contribution in [0.4, 0.5) is 0 Å². The van der Waals surface area contributed by atoms with Crippen molar-refractivity contribution in [1.29, 1.82) is 0 Å². The van der Waals surface area contributed by atoms with E-state index in [4.69, 9.17) is 4.74 Å². The predicted octanol–water partition coefficient (Wildman–Crippen LogP) is 0.504. The molecule has 1 aromatic heterocycles. The fourth-order valence-corrected chi connectivity index (χ4v) is 1.82. The van der Waals surface area contributed by atoms with Gasteiger partial charge in [0.05, 0.1) is 11.3 Å². The van der Waals surface area contributed by atoms with Crippen LogP contribution in [0.1, 0.15) is 18.5 Å². The zero-order chi connectivity index (χ0) is 10.0. The average molecular weight is 196 g/mol. The average Bonchev–Trinajstić information content (AvgIpc) is 2.51. The second-order valence-electron chi connectivity index (χ2n) is 3.99. The van der Waals surface area contributed by atoms with Crippen molar-refractivity contribution in [3.05, 3.63) is 18.0 Å². The molecule has 0 saturated carbocycles. The molecular weight excluding hydrogens is 180 g/mol. The normalized spacial score (nSPS) is 21.0. The van der Waals surface area contributed by atoms with Gasteiger partial charge in [0.2, 0.25) is 0 Å². The van der Waals surface area contributed by atoms with Crippen molar-refractivity contribution in [2.45, 2.75) is 24.9 Å². The van der Waals surface area contributed by atoms with E-state index < -0.39 is 5.60 Å². The lowest BCUT2D eigenvalue weighted by molar-refractivity contribution is -0.0631. The summed E-state index contributed by atoms with van der Waals surface area (Å²) >= 11 is 0. The van der Waals surface area contributed by atoms with Crippen molar-refractivity contribution in [3.8, 4) is 0 Å². The second kappa shape index (κ2) is 3.71. The molecule has 1 saturated heterocycles. The Kier molecular flexibility index (Phi) is 2.56. The van der Waals surface area contributed by atoms with E-state index >= 15 is 0 Å². The molecular formula is C10H16N2O2. The van der Waals surface area contributed by atoms with Gasteiger partial charge in [-0.25, -0.2) is 0 Å². The van der Waals surface area contributed by atoms with Crippen LogP contribution in [0.25, 0.3) is 0 Å². The van der Waals surface area contributed by atoms with Gasteiger partial charge in [0, 0.05) is 32.9 Å². The highest BCUT2D eigenvalue weighted by atomic mass is 16.5. The minimum atomic E-state index is -0.605. The first-order valence-electron chi connectivity index (χ1n) is 4.97. The molecule has 4 nitrogen and oxygen atoms in total. The smallest absolute Gasteiger partial charge is 0.0747 e. The summed E-state index contributed by atoms with van der Waals surface area (Å²) in [5, 5.41) is 14.5. The van der Waals surface area contributed by atoms with Gasteiger partial charge in [0.15, 0.2) is 0 Å². The molecule has 1 aliphatic heterocycles. The Morgan fingerprint density at radius 3 is 2.86 bits per heavy atom. The van der Waals surface area contributed by atoms with Gasteiger partial charge in [-0.1, -0.05) is 0 Å². The Bertz CT molecular complexity index is 303. The Morgan fingerprint density at radius 2 is 2.29 bits per heavy atom. The van der Waals surface area contributed by atoms with Crippen molar-refractivity contribution in [1.82, 2.24) is 9.78 Å². The van der Waals surface area contributed by atoms with Gasteiger partial charge in [-0.2, -0.15) is 5.10 Å². The van der Waals surface area contributed by atoms with Crippen LogP contribution in [0.5, 0.6) is 0 Å². The van der Waals surface area contributed by atoms with Crippen LogP contribution < -0.4 is 0 Å². The predicted molar refractivity (Wildman–Crippen MR) is 51.9 cm³/mol. The highest BCUT2D eigenvalue weighted by Gasteiger charge is 2.30. The number of hydrogen-bond acceptors (Lipinski definition) is 3. The minimum absolute atomic E-state index is 0.605. The highest BCUT2D eigenvalue weighted by molar-refractivity contribution is 5.04. The Morgan fingerprint density at radius 1 is 1.57 bits per heavy atom. The van der Waals surface area contributed by atoms with E-state index in [1.54, 1.807) is 4.68 Å². The second-order valence-corrected chi connectivity index (χ2v) is 3.99. The Balaban J connectivity index is 2.01. The summed E-state index contributed by atoms with van der Waals surface area (Å²) in [5.41, 5.74) is 0.351. The molecule has 1 fully saturated rings. The third kappa shape index (κ3) is 2.13. The van der Waals surface area contributed by atoms with Gasteiger partial charge < -0.3 is 9.84 Å². The molecule has 1 aliphatic rings. The maximum atomic E-state index is 10.2. The molecule has 2 rings (SSSR count). The molecule has 1 aromatic rings. The molecule has 0 amide bonds. The van der Waals surface area contributed by atoms with Gasteiger partial charge >= 0.3 is 0 Å². The molecule has 78 valence electrons. The molecule has 0 bridgehead atoms. The van der Waals surface area contributed by atoms with Crippen molar-refractivity contribution in [2.75, 3.05) is 13.2 Å². The van der Waals surface area contributed by atoms with Crippen LogP contribution in [0.15, 0.2) is 12.3 Å². The minimum Gasteiger partial charge on any atom is -0.389 e. The molecule has 14 heavy (non-hydrogen) atoms. The van der Waals surface area contributed by atoms with Crippen LogP contribution in [0.2, 0.25) is 0 Å². The molecule has 0 unspecified atom stereocenters. The van der Waals surface area contributed by atoms with Gasteiger partial charge in [-0.05, 0) is 18.9 Å². The molecule has 4 heteroatoms. The molecule has 1 N–H and O–H groups in total. The molecule has 0 spiro atoms. The number of ether oxygens (including phenoxy) is 1. The first-order chi connectivity index (χ1) is 6.68. The van der Waals surface area contributed by atoms with E-state index in [1.165, 1.54) is 0 Å². The highest BCUT2D eigenvalue weighted by Crippen LogP contribution is 2.24. The summed E-state index contributed by atoms with van der Waals surface area (Å²) < 4.78 is 6.98. The summed E-state index contributed by atoms with van der Waals surface area (Å²) in [7, 11) is 1.89. The molecule has 0 atom stereocenters. The molecule has 0 aliphatic carbocycles. The van der Waals surface area contributed by atoms with E-state index in [0.717, 1.165) is 5.69 Å². The van der Waals surface area contributed by atoms with Gasteiger partial charge in [-0.3, -0.25) is 4.68 Å². The van der Waals surface area contributed by atoms with E-state index in [1.807, 2.05) is 19.3 Å². The number of rotatable bonds is 2. The van der Waals surface area contributed by atoms with Gasteiger partial charge in [-0.15, -0.1) is 0 Å². The number of aryl methyl sites for hydroxylation is 1. The fraction of sp³-hybridized carbons (Fsp3) is 0.700. The topological polar surface area (TPSA) is 47.3 Å². The monoisotopic (exact) mass is 196 g/mol. The van der Waals surface area contributed by atoms with Crippen LogP contribution >= 0.6 is 0 Å². The Hall–Kier alpha value is -0.870. The summed E-state index contributed by atoms with van der Waals surface area (Å²) in [6.45, 7) is 1.31. The first-order valence-corrected chi connectivity index (χ1v) is 4.97. The summed E-state index contributed by atoms with van der Waals surface area (Å²) in [6.07, 6.45) is 3.96. The summed E-state index contributed by atoms with van der Waals surface area (Å²) in [5.74, 6) is 0. The van der Waals surface area contributed by atoms with Crippen LogP contribution in [-0.2, 0) is 18.2 Å². The van der Waals surface area contributed by atoms with E-state index in [-0.39, 0.29) is 0 Å². The lowest BCUT2D eigenvalue weighted by atomic mass is 9.89. The number of aromatic nitrogens is 2. The number of hydrogen-bond donors (Lipinski definition) is 1. The van der Waals surface area contributed by atoms with Gasteiger partial charge in [0.25, 0.3) is 0 Å². The standard InChI is InChI=1S/C10H16N2O2/c1-12-5-2-9(11-12)8-10(13)3-6-14-7-4-10/h2,5,13H,3-4,6-8H2,1H3. The van der Waals surface area contributed by atoms with Crippen LogP contribution in [0, 0.1) is 0 Å². The van der Waals surface area contributed by atoms with Crippen molar-refractivity contribution in [3.63, 3.8) is 0 Å². The van der Waals surface area contributed by atoms with E-state index in [9.17, 15) is 5.11 Å². The van der Waals surface area contributed by atoms with Crippen molar-refractivity contribution in [2.24, 2.45) is 7.05 Å². The number of aliphatic hydroxyl groups is 1. The summed E-state index contributed by atoms with van der Waals surface area (Å²) in [6, 6.07) is 1.95. The fourth-order valence-electron chi connectivity index (χ4n) is 1.82. The maximum Gasteiger partial charge on any atom is 0.0747 e. The number of nitrogens with zero attached hydrogens (tertiary/aromatic N) is 2. The van der Waals surface area contributed by atoms with Crippen molar-refractivity contribution < 1.29 is 9.84 Å². The molecule has 0 aromatic carbocycles.